The molecular formula is C24H28BrNO5. The average Bonchev–Trinajstić information content (AvgIpc) is 3.12. The van der Waals surface area contributed by atoms with Crippen LogP contribution in [0.25, 0.3) is 0 Å². The van der Waals surface area contributed by atoms with Crippen molar-refractivity contribution in [3.8, 4) is 11.5 Å². The molecule has 1 N–H and O–H groups in total. The zero-order valence-corrected chi connectivity index (χ0v) is 20.0. The number of nitrogens with one attached hydrogen (secondary N) is 1. The first kappa shape index (κ1) is 21.9. The second-order valence-corrected chi connectivity index (χ2v) is 10.0. The van der Waals surface area contributed by atoms with Crippen molar-refractivity contribution in [1.82, 2.24) is 5.32 Å². The number of dihydropyridines is 1. The van der Waals surface area contributed by atoms with Gasteiger partial charge in [0.05, 0.1) is 12.2 Å². The van der Waals surface area contributed by atoms with Crippen LogP contribution in [0.15, 0.2) is 39.1 Å². The van der Waals surface area contributed by atoms with E-state index in [4.69, 9.17) is 14.2 Å². The third-order valence-corrected chi connectivity index (χ3v) is 6.68. The van der Waals surface area contributed by atoms with Crippen molar-refractivity contribution in [1.29, 1.82) is 0 Å². The summed E-state index contributed by atoms with van der Waals surface area (Å²) < 4.78 is 17.4. The Kier molecular flexibility index (Phi) is 5.90. The monoisotopic (exact) mass is 489 g/mol. The third kappa shape index (κ3) is 4.12. The van der Waals surface area contributed by atoms with Crippen molar-refractivity contribution in [3.63, 3.8) is 0 Å². The summed E-state index contributed by atoms with van der Waals surface area (Å²) >= 11 is 3.64. The molecule has 0 aromatic heterocycles. The van der Waals surface area contributed by atoms with Gasteiger partial charge in [0.1, 0.15) is 0 Å². The minimum absolute atomic E-state index is 0.0553. The van der Waals surface area contributed by atoms with E-state index in [-0.39, 0.29) is 18.0 Å². The van der Waals surface area contributed by atoms with Crippen LogP contribution in [0.2, 0.25) is 0 Å². The molecule has 1 aromatic carbocycles. The summed E-state index contributed by atoms with van der Waals surface area (Å²) in [5.74, 6) is 0.385. The van der Waals surface area contributed by atoms with E-state index < -0.39 is 11.9 Å². The Morgan fingerprint density at radius 2 is 1.97 bits per heavy atom. The third-order valence-electron chi connectivity index (χ3n) is 5.99. The number of unbranched alkanes of at least 4 members (excludes halogenated alkanes) is 1. The van der Waals surface area contributed by atoms with Crippen LogP contribution in [-0.2, 0) is 14.3 Å². The predicted octanol–water partition coefficient (Wildman–Crippen LogP) is 5.13. The molecule has 4 rings (SSSR count). The van der Waals surface area contributed by atoms with Gasteiger partial charge in [0.2, 0.25) is 6.79 Å². The molecule has 3 aliphatic rings. The van der Waals surface area contributed by atoms with Crippen LogP contribution in [0.4, 0.5) is 0 Å². The standard InChI is InChI=1S/C24H28BrNO5/c1-5-6-7-29-23(28)20-13(2)26-16-10-24(3,4)11-17(27)22(16)21(20)14-8-18-19(9-15(14)25)31-12-30-18/h8-9,21,26H,5-7,10-12H2,1-4H3. The Morgan fingerprint density at radius 1 is 1.26 bits per heavy atom. The van der Waals surface area contributed by atoms with Crippen molar-refractivity contribution >= 4 is 27.7 Å². The lowest BCUT2D eigenvalue weighted by molar-refractivity contribution is -0.139. The maximum absolute atomic E-state index is 13.4. The number of hydrogen-bond acceptors (Lipinski definition) is 6. The fourth-order valence-corrected chi connectivity index (χ4v) is 5.11. The summed E-state index contributed by atoms with van der Waals surface area (Å²) in [5.41, 5.74) is 3.39. The van der Waals surface area contributed by atoms with Crippen molar-refractivity contribution in [2.75, 3.05) is 13.4 Å². The number of carbonyl (C=O) groups is 2. The van der Waals surface area contributed by atoms with Crippen LogP contribution in [0.3, 0.4) is 0 Å². The number of halogens is 1. The first-order chi connectivity index (χ1) is 14.7. The fourth-order valence-electron chi connectivity index (χ4n) is 4.56. The first-order valence-corrected chi connectivity index (χ1v) is 11.5. The van der Waals surface area contributed by atoms with Crippen LogP contribution in [0.5, 0.6) is 11.5 Å². The molecular weight excluding hydrogens is 462 g/mol. The number of hydrogen-bond donors (Lipinski definition) is 1. The highest BCUT2D eigenvalue weighted by Crippen LogP contribution is 2.50. The Hall–Kier alpha value is -2.28. The lowest BCUT2D eigenvalue weighted by Gasteiger charge is -2.39. The molecule has 0 radical (unpaired) electrons. The van der Waals surface area contributed by atoms with Crippen molar-refractivity contribution in [2.45, 2.75) is 59.3 Å². The number of allylic oxidation sites excluding steroid dienone is 3. The van der Waals surface area contributed by atoms with Gasteiger partial charge in [-0.05, 0) is 42.9 Å². The lowest BCUT2D eigenvalue weighted by atomic mass is 9.68. The van der Waals surface area contributed by atoms with E-state index in [0.717, 1.165) is 40.7 Å². The van der Waals surface area contributed by atoms with E-state index in [1.165, 1.54) is 0 Å². The fraction of sp³-hybridized carbons (Fsp3) is 0.500. The molecule has 0 saturated carbocycles. The number of ether oxygens (including phenoxy) is 3. The zero-order chi connectivity index (χ0) is 22.3. The molecule has 0 amide bonds. The molecule has 0 bridgehead atoms. The van der Waals surface area contributed by atoms with Gasteiger partial charge in [0, 0.05) is 33.8 Å². The average molecular weight is 490 g/mol. The number of rotatable bonds is 5. The minimum Gasteiger partial charge on any atom is -0.462 e. The summed E-state index contributed by atoms with van der Waals surface area (Å²) in [6.07, 6.45) is 2.90. The Balaban J connectivity index is 1.84. The second-order valence-electron chi connectivity index (χ2n) is 9.15. The summed E-state index contributed by atoms with van der Waals surface area (Å²) in [4.78, 5) is 26.6. The number of ketones is 1. The molecule has 1 atom stereocenters. The van der Waals surface area contributed by atoms with Gasteiger partial charge in [-0.1, -0.05) is 43.1 Å². The second kappa shape index (κ2) is 8.34. The highest BCUT2D eigenvalue weighted by molar-refractivity contribution is 9.10. The molecule has 7 heteroatoms. The van der Waals surface area contributed by atoms with Crippen molar-refractivity contribution < 1.29 is 23.8 Å². The lowest BCUT2D eigenvalue weighted by Crippen LogP contribution is -2.38. The number of fused-ring (bicyclic) bond motifs is 1. The number of benzene rings is 1. The molecule has 1 aromatic rings. The maximum atomic E-state index is 13.4. The largest absolute Gasteiger partial charge is 0.462 e. The molecule has 2 aliphatic heterocycles. The van der Waals surface area contributed by atoms with Gasteiger partial charge in [0.15, 0.2) is 17.3 Å². The highest BCUT2D eigenvalue weighted by atomic mass is 79.9. The van der Waals surface area contributed by atoms with Gasteiger partial charge in [-0.25, -0.2) is 4.79 Å². The Bertz CT molecular complexity index is 1010. The van der Waals surface area contributed by atoms with E-state index in [9.17, 15) is 9.59 Å². The molecule has 2 heterocycles. The van der Waals surface area contributed by atoms with Crippen molar-refractivity contribution in [2.24, 2.45) is 5.41 Å². The molecule has 0 fully saturated rings. The minimum atomic E-state index is -0.530. The molecule has 1 unspecified atom stereocenters. The van der Waals surface area contributed by atoms with Crippen LogP contribution in [0.1, 0.15) is 64.9 Å². The van der Waals surface area contributed by atoms with E-state index in [1.54, 1.807) is 0 Å². The normalized spacial score (nSPS) is 21.7. The highest BCUT2D eigenvalue weighted by Gasteiger charge is 2.44. The van der Waals surface area contributed by atoms with Gasteiger partial charge in [-0.15, -0.1) is 0 Å². The topological polar surface area (TPSA) is 73.9 Å². The van der Waals surface area contributed by atoms with E-state index in [1.807, 2.05) is 26.0 Å². The quantitative estimate of drug-likeness (QED) is 0.456. The predicted molar refractivity (Wildman–Crippen MR) is 120 cm³/mol. The van der Waals surface area contributed by atoms with Crippen LogP contribution in [0, 0.1) is 5.41 Å². The van der Waals surface area contributed by atoms with Crippen LogP contribution >= 0.6 is 15.9 Å². The molecule has 0 spiro atoms. The number of esters is 1. The zero-order valence-electron chi connectivity index (χ0n) is 18.4. The summed E-state index contributed by atoms with van der Waals surface area (Å²) in [6, 6.07) is 3.71. The molecule has 166 valence electrons. The molecule has 0 saturated heterocycles. The molecule has 6 nitrogen and oxygen atoms in total. The summed E-state index contributed by atoms with van der Waals surface area (Å²) in [7, 11) is 0. The van der Waals surface area contributed by atoms with Gasteiger partial charge in [0.25, 0.3) is 0 Å². The SMILES string of the molecule is CCCCOC(=O)C1=C(C)NC2=C(C(=O)CC(C)(C)C2)C1c1cc2c(cc1Br)OCO2. The number of Topliss-reactive ketones (excluding diaryl/α,β-unsaturated/α-hetero) is 1. The van der Waals surface area contributed by atoms with E-state index >= 15 is 0 Å². The summed E-state index contributed by atoms with van der Waals surface area (Å²) in [5, 5.41) is 3.36. The van der Waals surface area contributed by atoms with Crippen LogP contribution < -0.4 is 14.8 Å². The summed E-state index contributed by atoms with van der Waals surface area (Å²) in [6.45, 7) is 8.62. The van der Waals surface area contributed by atoms with Gasteiger partial charge in [-0.2, -0.15) is 0 Å². The Labute approximate surface area is 191 Å². The first-order valence-electron chi connectivity index (χ1n) is 10.7. The smallest absolute Gasteiger partial charge is 0.336 e. The van der Waals surface area contributed by atoms with Gasteiger partial charge in [-0.3, -0.25) is 4.79 Å². The van der Waals surface area contributed by atoms with Gasteiger partial charge >= 0.3 is 5.97 Å². The van der Waals surface area contributed by atoms with Crippen molar-refractivity contribution in [3.05, 3.63) is 44.7 Å². The molecule has 31 heavy (non-hydrogen) atoms. The number of carbonyl (C=O) groups excluding carboxylic acids is 2. The van der Waals surface area contributed by atoms with E-state index in [0.29, 0.717) is 35.7 Å². The van der Waals surface area contributed by atoms with Gasteiger partial charge < -0.3 is 19.5 Å². The Morgan fingerprint density at radius 3 is 2.68 bits per heavy atom. The maximum Gasteiger partial charge on any atom is 0.336 e. The van der Waals surface area contributed by atoms with Crippen LogP contribution in [-0.4, -0.2) is 25.2 Å². The molecule has 1 aliphatic carbocycles. The van der Waals surface area contributed by atoms with E-state index in [2.05, 4.69) is 35.1 Å².